The topological polar surface area (TPSA) is 186 Å². The van der Waals surface area contributed by atoms with E-state index in [1.165, 1.54) is 32.6 Å². The Balaban J connectivity index is 1.48. The van der Waals surface area contributed by atoms with Crippen LogP contribution in [0.1, 0.15) is 86.3 Å². The van der Waals surface area contributed by atoms with Gasteiger partial charge < -0.3 is 47.8 Å². The number of rotatable bonds is 7. The highest BCUT2D eigenvalue weighted by Crippen LogP contribution is 2.88. The molecule has 14 nitrogen and oxygen atoms in total. The van der Waals surface area contributed by atoms with Gasteiger partial charge in [0.15, 0.2) is 11.2 Å². The first-order valence-electron chi connectivity index (χ1n) is 17.8. The van der Waals surface area contributed by atoms with Crippen LogP contribution in [0.25, 0.3) is 0 Å². The molecule has 2 N–H and O–H groups in total. The summed E-state index contributed by atoms with van der Waals surface area (Å²) in [5.74, 6) is -6.02. The van der Waals surface area contributed by atoms with Crippen LogP contribution < -0.4 is 0 Å². The maximum Gasteiger partial charge on any atom is 0.333 e. The Morgan fingerprint density at radius 2 is 1.81 bits per heavy atom. The smallest absolute Gasteiger partial charge is 0.333 e. The van der Waals surface area contributed by atoms with E-state index in [9.17, 15) is 29.4 Å². The van der Waals surface area contributed by atoms with Crippen LogP contribution in [0.3, 0.4) is 0 Å². The molecule has 1 spiro atoms. The molecule has 7 aliphatic rings. The molecule has 4 saturated carbocycles. The van der Waals surface area contributed by atoms with E-state index in [0.717, 1.165) is 0 Å². The summed E-state index contributed by atoms with van der Waals surface area (Å²) in [4.78, 5) is 53.9. The predicted molar refractivity (Wildman–Crippen MR) is 174 cm³/mol. The van der Waals surface area contributed by atoms with Crippen molar-refractivity contribution in [3.05, 3.63) is 47.5 Å². The van der Waals surface area contributed by atoms with E-state index in [0.29, 0.717) is 5.56 Å². The van der Waals surface area contributed by atoms with Crippen molar-refractivity contribution < 1.29 is 67.0 Å². The van der Waals surface area contributed by atoms with Gasteiger partial charge in [-0.25, -0.2) is 9.59 Å². The van der Waals surface area contributed by atoms with Crippen molar-refractivity contribution in [2.75, 3.05) is 7.11 Å². The van der Waals surface area contributed by atoms with Crippen LogP contribution in [0.15, 0.2) is 46.3 Å². The van der Waals surface area contributed by atoms with Crippen LogP contribution in [0, 0.1) is 28.1 Å². The van der Waals surface area contributed by atoms with E-state index in [1.54, 1.807) is 60.6 Å². The number of methoxy groups -OCH3 is 1. The van der Waals surface area contributed by atoms with Crippen molar-refractivity contribution in [1.29, 1.82) is 0 Å². The molecule has 4 aliphatic carbocycles. The standard InChI is InChI=1S/C38H46O14/c1-10-19(4)28(42)49-29-31(6)17-34(43)33(8,22(31)13-25(40)45-9)35-15-24(47-20(5)39)32(7)23(14-26(41)48-27(32)21-11-12-46-16-21)37(35)30(36(29,34)44)50-38(51-35,52-37)18(2)3/h10-12,14,16,18,22,24,27,29-30,43-44H,13,15,17H2,1-9H3/b19-10+/t22-,24-,27-,29-,30+,31+,32-,33+,34+,35-,36-,37+,38?/m0/s1. The molecule has 4 bridgehead atoms. The first-order chi connectivity index (χ1) is 24.2. The molecule has 52 heavy (non-hydrogen) atoms. The summed E-state index contributed by atoms with van der Waals surface area (Å²) in [5, 5.41) is 27.1. The minimum atomic E-state index is -2.40. The zero-order valence-corrected chi connectivity index (χ0v) is 30.8. The Labute approximate surface area is 300 Å². The molecule has 6 fully saturated rings. The molecule has 4 heterocycles. The van der Waals surface area contributed by atoms with Crippen LogP contribution in [0.5, 0.6) is 0 Å². The second kappa shape index (κ2) is 10.3. The van der Waals surface area contributed by atoms with Gasteiger partial charge in [-0.1, -0.05) is 33.8 Å². The Hall–Kier alpha value is -3.56. The molecule has 282 valence electrons. The molecular formula is C38H46O14. The molecule has 0 amide bonds. The Morgan fingerprint density at radius 3 is 2.40 bits per heavy atom. The molecule has 1 aromatic rings. The summed E-state index contributed by atoms with van der Waals surface area (Å²) < 4.78 is 50.3. The quantitative estimate of drug-likeness (QED) is 0.237. The van der Waals surface area contributed by atoms with E-state index >= 15 is 0 Å². The average molecular weight is 727 g/mol. The van der Waals surface area contributed by atoms with Crippen molar-refractivity contribution in [3.63, 3.8) is 0 Å². The summed E-state index contributed by atoms with van der Waals surface area (Å²) >= 11 is 0. The van der Waals surface area contributed by atoms with Crippen LogP contribution >= 0.6 is 0 Å². The summed E-state index contributed by atoms with van der Waals surface area (Å²) in [7, 11) is 1.25. The van der Waals surface area contributed by atoms with E-state index in [4.69, 9.17) is 37.6 Å². The fourth-order valence-electron chi connectivity index (χ4n) is 12.1. The number of carbonyl (C=O) groups is 4. The third kappa shape index (κ3) is 3.50. The Kier molecular flexibility index (Phi) is 7.06. The largest absolute Gasteiger partial charge is 0.472 e. The van der Waals surface area contributed by atoms with E-state index in [2.05, 4.69) is 0 Å². The lowest BCUT2D eigenvalue weighted by Crippen LogP contribution is -2.93. The van der Waals surface area contributed by atoms with E-state index in [-0.39, 0.29) is 30.4 Å². The number of cyclic esters (lactones) is 1. The minimum Gasteiger partial charge on any atom is -0.472 e. The fourth-order valence-corrected chi connectivity index (χ4v) is 12.1. The van der Waals surface area contributed by atoms with E-state index in [1.807, 2.05) is 0 Å². The first kappa shape index (κ1) is 35.5. The zero-order chi connectivity index (χ0) is 37.8. The summed E-state index contributed by atoms with van der Waals surface area (Å²) in [5.41, 5.74) is -11.5. The van der Waals surface area contributed by atoms with Crippen LogP contribution in [0.4, 0.5) is 0 Å². The second-order valence-corrected chi connectivity index (χ2v) is 16.7. The normalized spacial score (nSPS) is 49.2. The van der Waals surface area contributed by atoms with Gasteiger partial charge in [-0.2, -0.15) is 0 Å². The lowest BCUT2D eigenvalue weighted by atomic mass is 9.34. The maximum atomic E-state index is 13.8. The number of hydrogen-bond donors (Lipinski definition) is 2. The van der Waals surface area contributed by atoms with E-state index < -0.39 is 105 Å². The third-order valence-corrected chi connectivity index (χ3v) is 14.4. The number of aliphatic hydroxyl groups is 2. The molecule has 1 unspecified atom stereocenters. The Bertz CT molecular complexity index is 1850. The summed E-state index contributed by atoms with van der Waals surface area (Å²) in [6, 6.07) is 1.64. The molecular weight excluding hydrogens is 680 g/mol. The molecule has 8 rings (SSSR count). The monoisotopic (exact) mass is 726 g/mol. The van der Waals surface area contributed by atoms with Crippen molar-refractivity contribution >= 4 is 23.9 Å². The van der Waals surface area contributed by atoms with Crippen molar-refractivity contribution in [2.45, 2.75) is 127 Å². The SMILES string of the molecule is C/C=C(\C)C(=O)O[C@H]1[C@]2(C)C[C@]3(O)[C@@]1(O)[C@H]1OC4(C(C)C)O[C@@]5(C[C@H](OC(C)=O)[C@]6(C)C(=CC(=O)O[C@H]6c6ccoc6)[C@@]15O4)[C@]3(C)[C@H]2CC(=O)OC. The molecule has 2 saturated heterocycles. The van der Waals surface area contributed by atoms with Crippen molar-refractivity contribution in [1.82, 2.24) is 0 Å². The van der Waals surface area contributed by atoms with Gasteiger partial charge >= 0.3 is 23.9 Å². The van der Waals surface area contributed by atoms with Gasteiger partial charge in [0.05, 0.1) is 25.1 Å². The first-order valence-corrected chi connectivity index (χ1v) is 17.8. The molecule has 1 aromatic heterocycles. The lowest BCUT2D eigenvalue weighted by molar-refractivity contribution is -0.456. The number of ether oxygens (including phenoxy) is 7. The Morgan fingerprint density at radius 1 is 1.10 bits per heavy atom. The number of esters is 4. The summed E-state index contributed by atoms with van der Waals surface area (Å²) in [6.07, 6.45) is 0.0537. The van der Waals surface area contributed by atoms with Gasteiger partial charge in [-0.3, -0.25) is 9.59 Å². The number of hydrogen-bond acceptors (Lipinski definition) is 14. The van der Waals surface area contributed by atoms with Gasteiger partial charge in [0.2, 0.25) is 0 Å². The lowest BCUT2D eigenvalue weighted by Gasteiger charge is -2.76. The molecule has 13 atom stereocenters. The highest BCUT2D eigenvalue weighted by atomic mass is 17.0. The van der Waals surface area contributed by atoms with Crippen LogP contribution in [-0.2, 0) is 52.3 Å². The molecule has 0 radical (unpaired) electrons. The van der Waals surface area contributed by atoms with Gasteiger partial charge in [0.1, 0.15) is 35.6 Å². The minimum absolute atomic E-state index is 0.133. The molecule has 3 aliphatic heterocycles. The van der Waals surface area contributed by atoms with Crippen LogP contribution in [0.2, 0.25) is 0 Å². The highest BCUT2D eigenvalue weighted by Gasteiger charge is 3.03. The predicted octanol–water partition coefficient (Wildman–Crippen LogP) is 3.34. The van der Waals surface area contributed by atoms with Crippen LogP contribution in [-0.4, -0.2) is 87.9 Å². The van der Waals surface area contributed by atoms with Crippen molar-refractivity contribution in [3.8, 4) is 0 Å². The zero-order valence-electron chi connectivity index (χ0n) is 30.8. The summed E-state index contributed by atoms with van der Waals surface area (Å²) in [6.45, 7) is 13.4. The van der Waals surface area contributed by atoms with Gasteiger partial charge in [-0.05, 0) is 44.7 Å². The molecule has 14 heteroatoms. The number of fused-ring (bicyclic) bond motifs is 4. The van der Waals surface area contributed by atoms with Crippen molar-refractivity contribution in [2.24, 2.45) is 28.1 Å². The average Bonchev–Trinajstić information content (AvgIpc) is 3.87. The third-order valence-electron chi connectivity index (χ3n) is 14.4. The molecule has 0 aromatic carbocycles. The maximum absolute atomic E-state index is 13.8. The highest BCUT2D eigenvalue weighted by molar-refractivity contribution is 5.88. The van der Waals surface area contributed by atoms with Gasteiger partial charge in [-0.15, -0.1) is 0 Å². The second-order valence-electron chi connectivity index (χ2n) is 16.7. The van der Waals surface area contributed by atoms with Gasteiger partial charge in [0.25, 0.3) is 5.97 Å². The number of furan rings is 1. The number of carbonyl (C=O) groups excluding carboxylic acids is 4. The fraction of sp³-hybridized carbons (Fsp3) is 0.684. The van der Waals surface area contributed by atoms with Gasteiger partial charge in [0, 0.05) is 53.7 Å². The number of allylic oxidation sites excluding steroid dienone is 1.